The highest BCUT2D eigenvalue weighted by Crippen LogP contribution is 2.22. The summed E-state index contributed by atoms with van der Waals surface area (Å²) in [6, 6.07) is 12.9. The highest BCUT2D eigenvalue weighted by atomic mass is 16.5. The molecule has 7 nitrogen and oxygen atoms in total. The maximum absolute atomic E-state index is 12.8. The van der Waals surface area contributed by atoms with Gasteiger partial charge < -0.3 is 25.0 Å². The second-order valence-electron chi connectivity index (χ2n) is 9.18. The second kappa shape index (κ2) is 10.0. The van der Waals surface area contributed by atoms with Crippen LogP contribution in [0.1, 0.15) is 28.8 Å². The van der Waals surface area contributed by atoms with Gasteiger partial charge in [0.1, 0.15) is 0 Å². The van der Waals surface area contributed by atoms with Crippen molar-refractivity contribution in [1.29, 1.82) is 0 Å². The van der Waals surface area contributed by atoms with E-state index in [1.54, 1.807) is 4.90 Å². The summed E-state index contributed by atoms with van der Waals surface area (Å²) in [5.74, 6) is 0. The van der Waals surface area contributed by atoms with E-state index in [9.17, 15) is 9.90 Å². The Morgan fingerprint density at radius 3 is 2.61 bits per heavy atom. The molecule has 0 saturated carbocycles. The van der Waals surface area contributed by atoms with E-state index in [0.717, 1.165) is 37.1 Å². The molecular weight excluding hydrogens is 416 g/mol. The van der Waals surface area contributed by atoms with Crippen LogP contribution in [0.5, 0.6) is 0 Å². The molecule has 0 radical (unpaired) electrons. The molecule has 2 N–H and O–H groups in total. The van der Waals surface area contributed by atoms with Crippen LogP contribution < -0.4 is 5.32 Å². The monoisotopic (exact) mass is 448 g/mol. The van der Waals surface area contributed by atoms with Crippen molar-refractivity contribution in [1.82, 2.24) is 20.1 Å². The van der Waals surface area contributed by atoms with E-state index in [2.05, 4.69) is 46.7 Å². The Labute approximate surface area is 195 Å². The zero-order valence-electron chi connectivity index (χ0n) is 18.9. The SMILES string of the molecule is O=C1N(Cc2ccc(C3=CCOCC3)cn2)CCN1CC(O)CNC1Cc2ccccc2C1. The fourth-order valence-electron chi connectivity index (χ4n) is 4.97. The Balaban J connectivity index is 1.07. The lowest BCUT2D eigenvalue weighted by Crippen LogP contribution is -2.43. The molecular formula is C26H32N4O3. The molecule has 1 aromatic heterocycles. The van der Waals surface area contributed by atoms with Gasteiger partial charge in [0.05, 0.1) is 31.6 Å². The topological polar surface area (TPSA) is 77.9 Å². The van der Waals surface area contributed by atoms with E-state index >= 15 is 0 Å². The maximum Gasteiger partial charge on any atom is 0.320 e. The van der Waals surface area contributed by atoms with E-state index in [0.29, 0.717) is 45.4 Å². The van der Waals surface area contributed by atoms with Gasteiger partial charge in [-0.3, -0.25) is 4.98 Å². The van der Waals surface area contributed by atoms with Gasteiger partial charge in [0.15, 0.2) is 0 Å². The molecule has 1 unspecified atom stereocenters. The van der Waals surface area contributed by atoms with Gasteiger partial charge in [-0.1, -0.05) is 36.4 Å². The minimum atomic E-state index is -0.581. The number of carbonyl (C=O) groups is 1. The van der Waals surface area contributed by atoms with Crippen molar-refractivity contribution < 1.29 is 14.6 Å². The van der Waals surface area contributed by atoms with E-state index in [1.165, 1.54) is 16.7 Å². The normalized spacial score (nSPS) is 19.7. The summed E-state index contributed by atoms with van der Waals surface area (Å²) >= 11 is 0. The third kappa shape index (κ3) is 5.27. The first-order valence-electron chi connectivity index (χ1n) is 11.9. The van der Waals surface area contributed by atoms with Crippen LogP contribution in [-0.4, -0.2) is 77.5 Å². The third-order valence-electron chi connectivity index (χ3n) is 6.82. The highest BCUT2D eigenvalue weighted by molar-refractivity contribution is 5.76. The summed E-state index contributed by atoms with van der Waals surface area (Å²) in [6.07, 6.45) is 6.32. The van der Waals surface area contributed by atoms with E-state index in [4.69, 9.17) is 4.74 Å². The minimum Gasteiger partial charge on any atom is -0.390 e. The fraction of sp³-hybridized carbons (Fsp3) is 0.462. The molecule has 7 heteroatoms. The Kier molecular flexibility index (Phi) is 6.71. The summed E-state index contributed by atoms with van der Waals surface area (Å²) in [6.45, 7) is 4.04. The zero-order chi connectivity index (χ0) is 22.6. The van der Waals surface area contributed by atoms with Crippen molar-refractivity contribution >= 4 is 11.6 Å². The lowest BCUT2D eigenvalue weighted by molar-refractivity contribution is 0.123. The van der Waals surface area contributed by atoms with Gasteiger partial charge in [0, 0.05) is 38.4 Å². The van der Waals surface area contributed by atoms with E-state index in [-0.39, 0.29) is 6.03 Å². The van der Waals surface area contributed by atoms with E-state index in [1.807, 2.05) is 17.2 Å². The van der Waals surface area contributed by atoms with Crippen LogP contribution in [0.3, 0.4) is 0 Å². The number of β-amino-alcohol motifs (C(OH)–C–C–N with tert-alkyl or cyclic N) is 1. The molecule has 1 saturated heterocycles. The first kappa shape index (κ1) is 22.1. The predicted octanol–water partition coefficient (Wildman–Crippen LogP) is 2.24. The van der Waals surface area contributed by atoms with Gasteiger partial charge in [0.25, 0.3) is 0 Å². The standard InChI is InChI=1S/C26H32N4O3/c31-25(16-28-24-13-20-3-1-2-4-21(20)14-24)18-30-10-9-29(26(30)32)17-23-6-5-22(15-27-23)19-7-11-33-12-8-19/h1-7,15,24-25,28,31H,8-14,16-18H2. The number of aliphatic hydroxyl groups excluding tert-OH is 1. The van der Waals surface area contributed by atoms with Crippen LogP contribution in [0.25, 0.3) is 5.57 Å². The number of pyridine rings is 1. The third-order valence-corrected chi connectivity index (χ3v) is 6.82. The van der Waals surface area contributed by atoms with Crippen LogP contribution in [0.2, 0.25) is 0 Å². The number of fused-ring (bicyclic) bond motifs is 1. The van der Waals surface area contributed by atoms with Gasteiger partial charge in [-0.2, -0.15) is 0 Å². The molecule has 5 rings (SSSR count). The van der Waals surface area contributed by atoms with Crippen molar-refractivity contribution in [2.75, 3.05) is 39.4 Å². The highest BCUT2D eigenvalue weighted by Gasteiger charge is 2.30. The molecule has 3 aliphatic rings. The minimum absolute atomic E-state index is 0.0275. The molecule has 0 bridgehead atoms. The number of hydrogen-bond acceptors (Lipinski definition) is 5. The van der Waals surface area contributed by atoms with Gasteiger partial charge in [-0.25, -0.2) is 4.79 Å². The first-order chi connectivity index (χ1) is 16.2. The van der Waals surface area contributed by atoms with Crippen LogP contribution in [0.15, 0.2) is 48.7 Å². The second-order valence-corrected chi connectivity index (χ2v) is 9.18. The van der Waals surface area contributed by atoms with Crippen molar-refractivity contribution in [3.63, 3.8) is 0 Å². The quantitative estimate of drug-likeness (QED) is 0.648. The molecule has 33 heavy (non-hydrogen) atoms. The summed E-state index contributed by atoms with van der Waals surface area (Å²) in [5, 5.41) is 14.0. The number of ether oxygens (including phenoxy) is 1. The van der Waals surface area contributed by atoms with Gasteiger partial charge in [-0.15, -0.1) is 0 Å². The van der Waals surface area contributed by atoms with Crippen LogP contribution in [-0.2, 0) is 24.1 Å². The smallest absolute Gasteiger partial charge is 0.320 e. The van der Waals surface area contributed by atoms with Gasteiger partial charge in [0.2, 0.25) is 0 Å². The summed E-state index contributed by atoms with van der Waals surface area (Å²) < 4.78 is 5.37. The first-order valence-corrected chi connectivity index (χ1v) is 11.9. The molecule has 174 valence electrons. The van der Waals surface area contributed by atoms with Crippen molar-refractivity contribution in [2.45, 2.75) is 38.0 Å². The zero-order valence-corrected chi connectivity index (χ0v) is 18.9. The number of aromatic nitrogens is 1. The number of amides is 2. The molecule has 1 aliphatic carbocycles. The van der Waals surface area contributed by atoms with Crippen LogP contribution in [0.4, 0.5) is 4.79 Å². The van der Waals surface area contributed by atoms with Crippen molar-refractivity contribution in [3.8, 4) is 0 Å². The van der Waals surface area contributed by atoms with Crippen molar-refractivity contribution in [3.05, 3.63) is 71.1 Å². The Morgan fingerprint density at radius 1 is 1.12 bits per heavy atom. The molecule has 0 spiro atoms. The van der Waals surface area contributed by atoms with Gasteiger partial charge in [-0.05, 0) is 47.6 Å². The van der Waals surface area contributed by atoms with Gasteiger partial charge >= 0.3 is 6.03 Å². The Hall–Kier alpha value is -2.74. The number of hydrogen-bond donors (Lipinski definition) is 2. The Bertz CT molecular complexity index is 982. The van der Waals surface area contributed by atoms with Crippen molar-refractivity contribution in [2.24, 2.45) is 0 Å². The largest absolute Gasteiger partial charge is 0.390 e. The van der Waals surface area contributed by atoms with E-state index < -0.39 is 6.10 Å². The molecule has 2 aromatic rings. The maximum atomic E-state index is 12.8. The summed E-state index contributed by atoms with van der Waals surface area (Å²) in [5.41, 5.74) is 6.05. The summed E-state index contributed by atoms with van der Waals surface area (Å²) in [4.78, 5) is 21.0. The van der Waals surface area contributed by atoms with Crippen LogP contribution >= 0.6 is 0 Å². The Morgan fingerprint density at radius 2 is 1.91 bits per heavy atom. The average Bonchev–Trinajstić information content (AvgIpc) is 3.42. The summed E-state index contributed by atoms with van der Waals surface area (Å²) in [7, 11) is 0. The predicted molar refractivity (Wildman–Crippen MR) is 127 cm³/mol. The average molecular weight is 449 g/mol. The number of carbonyl (C=O) groups excluding carboxylic acids is 1. The molecule has 1 fully saturated rings. The number of nitrogens with zero attached hydrogens (tertiary/aromatic N) is 3. The molecule has 2 aliphatic heterocycles. The number of rotatable bonds is 8. The van der Waals surface area contributed by atoms with Crippen LogP contribution in [0, 0.1) is 0 Å². The number of urea groups is 1. The molecule has 1 aromatic carbocycles. The molecule has 1 atom stereocenters. The lowest BCUT2D eigenvalue weighted by Gasteiger charge is -2.22. The molecule has 2 amide bonds. The lowest BCUT2D eigenvalue weighted by atomic mass is 10.0. The number of benzene rings is 1. The molecule has 3 heterocycles. The number of nitrogens with one attached hydrogen (secondary N) is 1. The number of aliphatic hydroxyl groups is 1. The fourth-order valence-corrected chi connectivity index (χ4v) is 4.97.